The molecule has 2 aliphatic heterocycles. The highest BCUT2D eigenvalue weighted by Crippen LogP contribution is 2.67. The van der Waals surface area contributed by atoms with Crippen LogP contribution in [0.15, 0.2) is 96.3 Å². The van der Waals surface area contributed by atoms with E-state index in [0.29, 0.717) is 48.4 Å². The highest BCUT2D eigenvalue weighted by atomic mass is 16.5. The number of fused-ring (bicyclic) bond motifs is 4. The summed E-state index contributed by atoms with van der Waals surface area (Å²) >= 11 is 0. The molecule has 0 aromatic heterocycles. The van der Waals surface area contributed by atoms with Crippen LogP contribution in [0.1, 0.15) is 68.2 Å². The molecule has 1 saturated carbocycles. The summed E-state index contributed by atoms with van der Waals surface area (Å²) in [5.41, 5.74) is 0.326. The second-order valence-corrected chi connectivity index (χ2v) is 12.1. The van der Waals surface area contributed by atoms with E-state index in [4.69, 9.17) is 4.74 Å². The third-order valence-corrected chi connectivity index (χ3v) is 9.95. The van der Waals surface area contributed by atoms with Crippen molar-refractivity contribution in [1.82, 2.24) is 0 Å². The zero-order chi connectivity index (χ0) is 29.1. The standard InChI is InChI=1S/C36H35NO5/c1-2-12-25-21-28-32(35(25)29(38)19-11-20-30(35)39)36(33(40)31(42-28)24-15-7-4-8-16-24)26-17-9-10-18-27(26)37(34(36)41)22-23-13-5-3-6-14-23/h3-10,13-18,25,31,33,40H,2,11-12,19-22H2,1H3/t25-,31-,33-,36-/m1/s1. The quantitative estimate of drug-likeness (QED) is 0.387. The Balaban J connectivity index is 1.52. The van der Waals surface area contributed by atoms with Crippen molar-refractivity contribution in [2.75, 3.05) is 4.90 Å². The molecule has 1 amide bonds. The van der Waals surface area contributed by atoms with Crippen LogP contribution in [-0.4, -0.2) is 28.7 Å². The average molecular weight is 562 g/mol. The number of ketones is 2. The fraction of sp³-hybridized carbons (Fsp3) is 0.361. The van der Waals surface area contributed by atoms with E-state index in [1.165, 1.54) is 0 Å². The topological polar surface area (TPSA) is 83.9 Å². The maximum absolute atomic E-state index is 15.2. The van der Waals surface area contributed by atoms with E-state index in [2.05, 4.69) is 6.92 Å². The van der Waals surface area contributed by atoms with Gasteiger partial charge in [-0.25, -0.2) is 0 Å². The van der Waals surface area contributed by atoms with Crippen molar-refractivity contribution >= 4 is 23.2 Å². The van der Waals surface area contributed by atoms with Crippen LogP contribution in [0.3, 0.4) is 0 Å². The van der Waals surface area contributed by atoms with Gasteiger partial charge in [0.25, 0.3) is 0 Å². The molecule has 1 N–H and O–H groups in total. The Morgan fingerprint density at radius 1 is 0.857 bits per heavy atom. The molecular weight excluding hydrogens is 526 g/mol. The van der Waals surface area contributed by atoms with Gasteiger partial charge in [0.15, 0.2) is 17.7 Å². The molecular formula is C36H35NO5. The van der Waals surface area contributed by atoms with Gasteiger partial charge in [-0.3, -0.25) is 14.4 Å². The van der Waals surface area contributed by atoms with Crippen molar-refractivity contribution < 1.29 is 24.2 Å². The lowest BCUT2D eigenvalue weighted by molar-refractivity contribution is -0.147. The molecule has 214 valence electrons. The fourth-order valence-corrected chi connectivity index (χ4v) is 8.32. The Labute approximate surface area is 246 Å². The molecule has 42 heavy (non-hydrogen) atoms. The molecule has 3 aromatic rings. The lowest BCUT2D eigenvalue weighted by Crippen LogP contribution is -2.61. The molecule has 0 bridgehead atoms. The molecule has 6 heteroatoms. The third-order valence-electron chi connectivity index (χ3n) is 9.95. The largest absolute Gasteiger partial charge is 0.487 e. The number of aliphatic hydroxyl groups excluding tert-OH is 1. The number of nitrogens with zero attached hydrogens (tertiary/aromatic N) is 1. The van der Waals surface area contributed by atoms with Crippen LogP contribution in [0.25, 0.3) is 0 Å². The molecule has 6 nitrogen and oxygen atoms in total. The number of para-hydroxylation sites is 1. The summed E-state index contributed by atoms with van der Waals surface area (Å²) in [5, 5.41) is 12.6. The molecule has 2 spiro atoms. The zero-order valence-electron chi connectivity index (χ0n) is 23.8. The first-order valence-electron chi connectivity index (χ1n) is 15.1. The predicted molar refractivity (Wildman–Crippen MR) is 158 cm³/mol. The van der Waals surface area contributed by atoms with Crippen molar-refractivity contribution in [2.45, 2.75) is 69.6 Å². The highest BCUT2D eigenvalue weighted by Gasteiger charge is 2.73. The summed E-state index contributed by atoms with van der Waals surface area (Å²) in [7, 11) is 0. The van der Waals surface area contributed by atoms with Gasteiger partial charge in [-0.05, 0) is 41.5 Å². The van der Waals surface area contributed by atoms with E-state index >= 15 is 4.79 Å². The first-order valence-corrected chi connectivity index (χ1v) is 15.1. The Hall–Kier alpha value is -4.03. The minimum atomic E-state index is -1.63. The number of Topliss-reactive ketones (excluding diaryl/α,β-unsaturated/α-hetero) is 2. The SMILES string of the molecule is CCC[C@@H]1CC2=C(C13C(=O)CCCC3=O)[C@@]1(C(=O)N(Cc3ccccc3)c3ccccc31)[C@H](O)[C@@H](c1ccccc1)O2. The molecule has 2 aliphatic carbocycles. The number of aliphatic hydroxyl groups is 1. The second-order valence-electron chi connectivity index (χ2n) is 12.1. The Morgan fingerprint density at radius 2 is 1.50 bits per heavy atom. The molecule has 1 fully saturated rings. The van der Waals surface area contributed by atoms with E-state index in [0.717, 1.165) is 17.5 Å². The molecule has 4 atom stereocenters. The van der Waals surface area contributed by atoms with Crippen LogP contribution in [0.5, 0.6) is 0 Å². The number of carbonyl (C=O) groups excluding carboxylic acids is 3. The first kappa shape index (κ1) is 26.8. The summed E-state index contributed by atoms with van der Waals surface area (Å²) in [4.78, 5) is 45.4. The number of rotatable bonds is 5. The molecule has 4 aliphatic rings. The number of hydrogen-bond donors (Lipinski definition) is 1. The summed E-state index contributed by atoms with van der Waals surface area (Å²) in [5.74, 6) is -0.361. The van der Waals surface area contributed by atoms with E-state index in [1.807, 2.05) is 84.9 Å². The van der Waals surface area contributed by atoms with Crippen LogP contribution in [0, 0.1) is 11.3 Å². The predicted octanol–water partition coefficient (Wildman–Crippen LogP) is 5.99. The van der Waals surface area contributed by atoms with Gasteiger partial charge in [-0.15, -0.1) is 0 Å². The summed E-state index contributed by atoms with van der Waals surface area (Å²) in [6.07, 6.45) is 0.704. The van der Waals surface area contributed by atoms with E-state index < -0.39 is 23.0 Å². The van der Waals surface area contributed by atoms with Gasteiger partial charge in [-0.1, -0.05) is 92.2 Å². The lowest BCUT2D eigenvalue weighted by Gasteiger charge is -2.49. The van der Waals surface area contributed by atoms with Crippen molar-refractivity contribution in [3.05, 3.63) is 113 Å². The summed E-state index contributed by atoms with van der Waals surface area (Å²) in [6.45, 7) is 2.36. The van der Waals surface area contributed by atoms with Crippen molar-refractivity contribution in [3.8, 4) is 0 Å². The Kier molecular flexibility index (Phi) is 6.43. The molecule has 0 radical (unpaired) electrons. The van der Waals surface area contributed by atoms with Crippen molar-refractivity contribution in [1.29, 1.82) is 0 Å². The number of ether oxygens (including phenoxy) is 1. The number of allylic oxidation sites excluding steroid dienone is 1. The van der Waals surface area contributed by atoms with Gasteiger partial charge in [-0.2, -0.15) is 0 Å². The van der Waals surface area contributed by atoms with Gasteiger partial charge in [0.1, 0.15) is 16.9 Å². The smallest absolute Gasteiger partial charge is 0.245 e. The molecule has 2 heterocycles. The Morgan fingerprint density at radius 3 is 2.19 bits per heavy atom. The number of hydrogen-bond acceptors (Lipinski definition) is 5. The third kappa shape index (κ3) is 3.51. The van der Waals surface area contributed by atoms with Crippen molar-refractivity contribution in [2.24, 2.45) is 11.3 Å². The highest BCUT2D eigenvalue weighted by molar-refractivity contribution is 6.18. The van der Waals surface area contributed by atoms with Crippen molar-refractivity contribution in [3.63, 3.8) is 0 Å². The maximum Gasteiger partial charge on any atom is 0.245 e. The van der Waals surface area contributed by atoms with Crippen LogP contribution >= 0.6 is 0 Å². The summed E-state index contributed by atoms with van der Waals surface area (Å²) < 4.78 is 6.67. The monoisotopic (exact) mass is 561 g/mol. The molecule has 3 aromatic carbocycles. The van der Waals surface area contributed by atoms with Crippen LogP contribution < -0.4 is 4.90 Å². The van der Waals surface area contributed by atoms with Gasteiger partial charge in [0.05, 0.1) is 12.3 Å². The van der Waals surface area contributed by atoms with Crippen LogP contribution in [0.2, 0.25) is 0 Å². The number of amides is 1. The average Bonchev–Trinajstić information content (AvgIpc) is 3.46. The molecule has 0 unspecified atom stereocenters. The van der Waals surface area contributed by atoms with E-state index in [-0.39, 0.29) is 36.2 Å². The maximum atomic E-state index is 15.2. The minimum Gasteiger partial charge on any atom is -0.487 e. The summed E-state index contributed by atoms with van der Waals surface area (Å²) in [6, 6.07) is 26.8. The van der Waals surface area contributed by atoms with Gasteiger partial charge >= 0.3 is 0 Å². The van der Waals surface area contributed by atoms with Crippen LogP contribution in [-0.2, 0) is 31.1 Å². The number of benzene rings is 3. The van der Waals surface area contributed by atoms with Gasteiger partial charge in [0.2, 0.25) is 5.91 Å². The fourth-order valence-electron chi connectivity index (χ4n) is 8.32. The molecule has 0 saturated heterocycles. The molecule has 7 rings (SSSR count). The number of carbonyl (C=O) groups is 3. The van der Waals surface area contributed by atoms with Gasteiger partial charge < -0.3 is 14.7 Å². The van der Waals surface area contributed by atoms with Gasteiger partial charge in [0, 0.05) is 30.5 Å². The zero-order valence-corrected chi connectivity index (χ0v) is 23.8. The Bertz CT molecular complexity index is 1580. The minimum absolute atomic E-state index is 0.137. The number of anilines is 1. The van der Waals surface area contributed by atoms with Crippen LogP contribution in [0.4, 0.5) is 5.69 Å². The first-order chi connectivity index (χ1) is 20.4. The van der Waals surface area contributed by atoms with E-state index in [9.17, 15) is 14.7 Å². The second kappa shape index (κ2) is 10.1. The van der Waals surface area contributed by atoms with E-state index in [1.54, 1.807) is 4.90 Å². The normalized spacial score (nSPS) is 27.9. The lowest BCUT2D eigenvalue weighted by atomic mass is 9.53.